The molecule has 0 saturated carbocycles. The highest BCUT2D eigenvalue weighted by Gasteiger charge is 2.17. The zero-order valence-corrected chi connectivity index (χ0v) is 12.9. The van der Waals surface area contributed by atoms with Crippen molar-refractivity contribution in [3.8, 4) is 21.1 Å². The second-order valence-corrected chi connectivity index (χ2v) is 6.41. The fraction of sp³-hybridized carbons (Fsp3) is 0. The van der Waals surface area contributed by atoms with Crippen molar-refractivity contribution in [3.63, 3.8) is 0 Å². The molecule has 0 spiro atoms. The van der Waals surface area contributed by atoms with E-state index in [4.69, 9.17) is 11.5 Å². The van der Waals surface area contributed by atoms with Crippen molar-refractivity contribution in [3.05, 3.63) is 35.0 Å². The number of nitrogens with two attached hydrogens (primary N) is 2. The van der Waals surface area contributed by atoms with Crippen LogP contribution in [0.2, 0.25) is 0 Å². The molecule has 0 unspecified atom stereocenters. The molecule has 108 valence electrons. The van der Waals surface area contributed by atoms with Gasteiger partial charge in [-0.1, -0.05) is 12.1 Å². The first-order chi connectivity index (χ1) is 10.7. The predicted molar refractivity (Wildman–Crippen MR) is 90.6 cm³/mol. The number of hydrogen-bond acceptors (Lipinski definition) is 8. The molecular formula is C14H10N6S2. The number of aromatic nitrogens is 4. The lowest BCUT2D eigenvalue weighted by Gasteiger charge is -2.08. The topological polar surface area (TPSA) is 104 Å². The molecule has 0 aliphatic carbocycles. The maximum atomic E-state index is 5.92. The number of thiophene rings is 2. The average Bonchev–Trinajstić information content (AvgIpc) is 3.19. The van der Waals surface area contributed by atoms with E-state index in [-0.39, 0.29) is 11.8 Å². The lowest BCUT2D eigenvalue weighted by atomic mass is 10.2. The van der Waals surface area contributed by atoms with Crippen LogP contribution in [0.1, 0.15) is 0 Å². The highest BCUT2D eigenvalue weighted by Crippen LogP contribution is 2.35. The number of rotatable bonds is 2. The molecule has 0 saturated heterocycles. The summed E-state index contributed by atoms with van der Waals surface area (Å²) in [6, 6.07) is 7.97. The molecule has 0 bridgehead atoms. The third-order valence-corrected chi connectivity index (χ3v) is 4.84. The lowest BCUT2D eigenvalue weighted by molar-refractivity contribution is 1.17. The molecule has 22 heavy (non-hydrogen) atoms. The van der Waals surface area contributed by atoms with Gasteiger partial charge in [0.2, 0.25) is 5.95 Å². The Balaban J connectivity index is 2.09. The number of fused-ring (bicyclic) bond motifs is 1. The Morgan fingerprint density at radius 2 is 1.41 bits per heavy atom. The van der Waals surface area contributed by atoms with Crippen LogP contribution in [0.3, 0.4) is 0 Å². The van der Waals surface area contributed by atoms with E-state index in [1.807, 2.05) is 35.0 Å². The van der Waals surface area contributed by atoms with Gasteiger partial charge in [-0.3, -0.25) is 0 Å². The summed E-state index contributed by atoms with van der Waals surface area (Å²) < 4.78 is 0. The maximum absolute atomic E-state index is 5.92. The summed E-state index contributed by atoms with van der Waals surface area (Å²) in [6.45, 7) is 0. The van der Waals surface area contributed by atoms with Gasteiger partial charge >= 0.3 is 0 Å². The standard InChI is InChI=1S/C14H10N6S2/c15-12-11-13(20-14(16)19-12)18-10(8-4-2-6-22-8)9(17-11)7-3-1-5-21-7/h1-6H,(H4,15,16,18,19,20). The van der Waals surface area contributed by atoms with Crippen LogP contribution in [0.15, 0.2) is 35.0 Å². The number of hydrogen-bond donors (Lipinski definition) is 2. The van der Waals surface area contributed by atoms with Crippen LogP contribution < -0.4 is 11.5 Å². The molecule has 8 heteroatoms. The Morgan fingerprint density at radius 3 is 2.00 bits per heavy atom. The van der Waals surface area contributed by atoms with E-state index < -0.39 is 0 Å². The van der Waals surface area contributed by atoms with E-state index in [9.17, 15) is 0 Å². The Hall–Kier alpha value is -2.58. The van der Waals surface area contributed by atoms with Crippen LogP contribution in [0.4, 0.5) is 11.8 Å². The minimum Gasteiger partial charge on any atom is -0.382 e. The van der Waals surface area contributed by atoms with E-state index in [2.05, 4.69) is 19.9 Å². The van der Waals surface area contributed by atoms with Crippen LogP contribution >= 0.6 is 22.7 Å². The minimum atomic E-state index is 0.0975. The van der Waals surface area contributed by atoms with Gasteiger partial charge in [0.1, 0.15) is 11.4 Å². The summed E-state index contributed by atoms with van der Waals surface area (Å²) in [7, 11) is 0. The number of anilines is 2. The Labute approximate surface area is 133 Å². The molecule has 0 radical (unpaired) electrons. The van der Waals surface area contributed by atoms with Gasteiger partial charge in [0.05, 0.1) is 9.75 Å². The first-order valence-electron chi connectivity index (χ1n) is 6.41. The van der Waals surface area contributed by atoms with Crippen LogP contribution in [-0.4, -0.2) is 19.9 Å². The summed E-state index contributed by atoms with van der Waals surface area (Å²) in [5.74, 6) is 0.339. The summed E-state index contributed by atoms with van der Waals surface area (Å²) >= 11 is 3.20. The Bertz CT molecular complexity index is 947. The molecule has 4 N–H and O–H groups in total. The molecule has 6 nitrogen and oxygen atoms in total. The molecule has 0 aliphatic heterocycles. The molecule has 4 rings (SSSR count). The van der Waals surface area contributed by atoms with E-state index in [0.717, 1.165) is 21.1 Å². The Morgan fingerprint density at radius 1 is 0.773 bits per heavy atom. The van der Waals surface area contributed by atoms with Crippen molar-refractivity contribution in [2.75, 3.05) is 11.5 Å². The van der Waals surface area contributed by atoms with Gasteiger partial charge in [-0.15, -0.1) is 22.7 Å². The smallest absolute Gasteiger partial charge is 0.224 e. The SMILES string of the molecule is Nc1nc(N)c2nc(-c3cccs3)c(-c3cccs3)nc2n1. The van der Waals surface area contributed by atoms with Crippen LogP contribution in [0.5, 0.6) is 0 Å². The monoisotopic (exact) mass is 326 g/mol. The van der Waals surface area contributed by atoms with E-state index in [0.29, 0.717) is 11.2 Å². The first-order valence-corrected chi connectivity index (χ1v) is 8.17. The van der Waals surface area contributed by atoms with Crippen molar-refractivity contribution in [2.24, 2.45) is 0 Å². The molecule has 0 aromatic carbocycles. The molecule has 0 aliphatic rings. The van der Waals surface area contributed by atoms with Crippen LogP contribution in [0.25, 0.3) is 32.3 Å². The summed E-state index contributed by atoms with van der Waals surface area (Å²) in [5.41, 5.74) is 14.0. The molecule has 0 amide bonds. The van der Waals surface area contributed by atoms with Gasteiger partial charge < -0.3 is 11.5 Å². The van der Waals surface area contributed by atoms with E-state index in [1.165, 1.54) is 0 Å². The lowest BCUT2D eigenvalue weighted by Crippen LogP contribution is -2.04. The predicted octanol–water partition coefficient (Wildman–Crippen LogP) is 3.04. The van der Waals surface area contributed by atoms with Crippen LogP contribution in [0, 0.1) is 0 Å². The van der Waals surface area contributed by atoms with Crippen LogP contribution in [-0.2, 0) is 0 Å². The van der Waals surface area contributed by atoms with Gasteiger partial charge in [-0.25, -0.2) is 9.97 Å². The van der Waals surface area contributed by atoms with Gasteiger partial charge in [0, 0.05) is 0 Å². The highest BCUT2D eigenvalue weighted by atomic mass is 32.1. The first kappa shape index (κ1) is 13.1. The number of nitrogen functional groups attached to an aromatic ring is 2. The normalized spacial score (nSPS) is 11.1. The molecule has 4 aromatic rings. The van der Waals surface area contributed by atoms with Crippen molar-refractivity contribution >= 4 is 45.6 Å². The quantitative estimate of drug-likeness (QED) is 0.587. The molecule has 4 aromatic heterocycles. The summed E-state index contributed by atoms with van der Waals surface area (Å²) in [6.07, 6.45) is 0. The average molecular weight is 326 g/mol. The second kappa shape index (κ2) is 5.00. The molecular weight excluding hydrogens is 316 g/mol. The highest BCUT2D eigenvalue weighted by molar-refractivity contribution is 7.14. The van der Waals surface area contributed by atoms with Crippen molar-refractivity contribution < 1.29 is 0 Å². The fourth-order valence-electron chi connectivity index (χ4n) is 2.16. The number of nitrogens with zero attached hydrogens (tertiary/aromatic N) is 4. The zero-order chi connectivity index (χ0) is 15.1. The molecule has 0 fully saturated rings. The fourth-order valence-corrected chi connectivity index (χ4v) is 3.59. The third-order valence-electron chi connectivity index (χ3n) is 3.08. The minimum absolute atomic E-state index is 0.0975. The van der Waals surface area contributed by atoms with Crippen molar-refractivity contribution in [2.45, 2.75) is 0 Å². The van der Waals surface area contributed by atoms with Gasteiger partial charge in [0.15, 0.2) is 17.0 Å². The molecule has 0 atom stereocenters. The zero-order valence-electron chi connectivity index (χ0n) is 11.2. The van der Waals surface area contributed by atoms with Gasteiger partial charge in [-0.2, -0.15) is 9.97 Å². The largest absolute Gasteiger partial charge is 0.382 e. The van der Waals surface area contributed by atoms with Gasteiger partial charge in [0.25, 0.3) is 0 Å². The van der Waals surface area contributed by atoms with E-state index >= 15 is 0 Å². The maximum Gasteiger partial charge on any atom is 0.224 e. The third kappa shape index (κ3) is 2.09. The molecule has 4 heterocycles. The Kier molecular flexibility index (Phi) is 2.98. The van der Waals surface area contributed by atoms with Crippen molar-refractivity contribution in [1.82, 2.24) is 19.9 Å². The second-order valence-electron chi connectivity index (χ2n) is 4.51. The summed E-state index contributed by atoms with van der Waals surface area (Å²) in [4.78, 5) is 19.5. The van der Waals surface area contributed by atoms with Crippen molar-refractivity contribution in [1.29, 1.82) is 0 Å². The van der Waals surface area contributed by atoms with E-state index in [1.54, 1.807) is 22.7 Å². The summed E-state index contributed by atoms with van der Waals surface area (Å²) in [5, 5.41) is 4.00. The van der Waals surface area contributed by atoms with Gasteiger partial charge in [-0.05, 0) is 22.9 Å².